The van der Waals surface area contributed by atoms with Crippen molar-refractivity contribution in [2.24, 2.45) is 0 Å². The third-order valence-electron chi connectivity index (χ3n) is 5.51. The van der Waals surface area contributed by atoms with Crippen LogP contribution in [-0.2, 0) is 0 Å². The van der Waals surface area contributed by atoms with Crippen LogP contribution in [0.2, 0.25) is 0 Å². The highest BCUT2D eigenvalue weighted by Crippen LogP contribution is 2.20. The van der Waals surface area contributed by atoms with E-state index in [0.717, 1.165) is 82.1 Å². The van der Waals surface area contributed by atoms with Gasteiger partial charge in [0.2, 0.25) is 0 Å². The van der Waals surface area contributed by atoms with E-state index in [0.29, 0.717) is 0 Å². The fraction of sp³-hybridized carbons (Fsp3) is 0.579. The summed E-state index contributed by atoms with van der Waals surface area (Å²) in [5.41, 5.74) is 0.971. The molecule has 2 aliphatic rings. The summed E-state index contributed by atoms with van der Waals surface area (Å²) in [6.45, 7) is 10.3. The maximum absolute atomic E-state index is 9.06. The first-order chi connectivity index (χ1) is 13.7. The van der Waals surface area contributed by atoms with Crippen LogP contribution in [0, 0.1) is 6.92 Å². The van der Waals surface area contributed by atoms with Crippen LogP contribution in [0.15, 0.2) is 24.5 Å². The number of aromatic nitrogens is 4. The summed E-state index contributed by atoms with van der Waals surface area (Å²) in [5, 5.41) is 18.0. The molecule has 28 heavy (non-hydrogen) atoms. The molecular weight excluding hydrogens is 356 g/mol. The third kappa shape index (κ3) is 4.15. The molecule has 0 saturated carbocycles. The van der Waals surface area contributed by atoms with Crippen molar-refractivity contribution in [2.45, 2.75) is 6.92 Å². The van der Waals surface area contributed by atoms with Crippen molar-refractivity contribution in [1.29, 1.82) is 0 Å². The van der Waals surface area contributed by atoms with E-state index < -0.39 is 0 Å². The normalized spacial score (nSPS) is 18.6. The van der Waals surface area contributed by atoms with Gasteiger partial charge in [-0.25, -0.2) is 4.98 Å². The molecule has 1 N–H and O–H groups in total. The van der Waals surface area contributed by atoms with Crippen molar-refractivity contribution in [2.75, 3.05) is 80.2 Å². The van der Waals surface area contributed by atoms with Crippen molar-refractivity contribution in [3.05, 3.63) is 30.2 Å². The van der Waals surface area contributed by atoms with Crippen LogP contribution in [-0.4, -0.2) is 95.7 Å². The maximum atomic E-state index is 9.06. The summed E-state index contributed by atoms with van der Waals surface area (Å²) in [4.78, 5) is 17.9. The Morgan fingerprint density at radius 1 is 0.786 bits per heavy atom. The number of aliphatic hydroxyl groups is 1. The van der Waals surface area contributed by atoms with E-state index in [1.807, 2.05) is 6.92 Å². The van der Waals surface area contributed by atoms with Gasteiger partial charge >= 0.3 is 0 Å². The van der Waals surface area contributed by atoms with Crippen molar-refractivity contribution in [3.8, 4) is 0 Å². The lowest BCUT2D eigenvalue weighted by Crippen LogP contribution is -2.48. The van der Waals surface area contributed by atoms with E-state index in [9.17, 15) is 0 Å². The van der Waals surface area contributed by atoms with Gasteiger partial charge in [-0.05, 0) is 19.1 Å². The van der Waals surface area contributed by atoms with E-state index >= 15 is 0 Å². The molecule has 0 radical (unpaired) electrons. The lowest BCUT2D eigenvalue weighted by molar-refractivity contribution is 0.188. The number of nitrogens with zero attached hydrogens (tertiary/aromatic N) is 8. The quantitative estimate of drug-likeness (QED) is 0.766. The number of aryl methyl sites for hydroxylation is 1. The molecule has 9 heteroatoms. The van der Waals surface area contributed by atoms with Gasteiger partial charge in [-0.1, -0.05) is 0 Å². The first-order valence-electron chi connectivity index (χ1n) is 9.94. The summed E-state index contributed by atoms with van der Waals surface area (Å²) in [7, 11) is 0. The summed E-state index contributed by atoms with van der Waals surface area (Å²) in [6, 6.07) is 4.15. The molecule has 2 aromatic rings. The molecule has 0 bridgehead atoms. The minimum Gasteiger partial charge on any atom is -0.395 e. The Bertz CT molecular complexity index is 755. The number of hydrogen-bond donors (Lipinski definition) is 1. The first kappa shape index (κ1) is 18.8. The Kier molecular flexibility index (Phi) is 5.82. The van der Waals surface area contributed by atoms with E-state index in [1.54, 1.807) is 12.4 Å². The standard InChI is InChI=1S/C19H28N8O/c1-16-19(21-5-4-20-16)27-12-10-26(11-13-27)18-3-2-17(22-23-18)25-8-6-24(7-9-25)14-15-28/h2-5,28H,6-15H2,1H3. The topological polar surface area (TPSA) is 84.8 Å². The average molecular weight is 384 g/mol. The Hall–Kier alpha value is -2.52. The molecule has 0 amide bonds. The number of rotatable bonds is 5. The predicted octanol–water partition coefficient (Wildman–Crippen LogP) is 0.0159. The second kappa shape index (κ2) is 8.66. The summed E-state index contributed by atoms with van der Waals surface area (Å²) in [5.74, 6) is 2.84. The van der Waals surface area contributed by atoms with Gasteiger partial charge in [-0.15, -0.1) is 10.2 Å². The lowest BCUT2D eigenvalue weighted by atomic mass is 10.2. The van der Waals surface area contributed by atoms with Crippen LogP contribution in [0.3, 0.4) is 0 Å². The van der Waals surface area contributed by atoms with Gasteiger partial charge < -0.3 is 19.8 Å². The second-order valence-corrected chi connectivity index (χ2v) is 7.24. The Labute approximate surface area is 165 Å². The number of aliphatic hydroxyl groups excluding tert-OH is 1. The monoisotopic (exact) mass is 384 g/mol. The Balaban J connectivity index is 1.32. The van der Waals surface area contributed by atoms with Gasteiger partial charge in [0, 0.05) is 71.3 Å². The molecule has 0 atom stereocenters. The van der Waals surface area contributed by atoms with E-state index in [1.165, 1.54) is 0 Å². The van der Waals surface area contributed by atoms with Gasteiger partial charge in [0.05, 0.1) is 12.3 Å². The van der Waals surface area contributed by atoms with E-state index in [2.05, 4.69) is 51.9 Å². The average Bonchev–Trinajstić information content (AvgIpc) is 2.75. The highest BCUT2D eigenvalue weighted by Gasteiger charge is 2.22. The highest BCUT2D eigenvalue weighted by atomic mass is 16.3. The number of anilines is 3. The molecule has 4 heterocycles. The minimum absolute atomic E-state index is 0.220. The molecule has 2 aromatic heterocycles. The smallest absolute Gasteiger partial charge is 0.151 e. The van der Waals surface area contributed by atoms with Crippen LogP contribution in [0.25, 0.3) is 0 Å². The van der Waals surface area contributed by atoms with Gasteiger partial charge in [0.15, 0.2) is 11.6 Å². The molecule has 9 nitrogen and oxygen atoms in total. The zero-order valence-corrected chi connectivity index (χ0v) is 16.4. The van der Waals surface area contributed by atoms with Crippen LogP contribution in [0.4, 0.5) is 17.5 Å². The van der Waals surface area contributed by atoms with Crippen LogP contribution in [0.5, 0.6) is 0 Å². The number of piperazine rings is 2. The van der Waals surface area contributed by atoms with Gasteiger partial charge in [-0.2, -0.15) is 0 Å². The highest BCUT2D eigenvalue weighted by molar-refractivity contribution is 5.49. The SMILES string of the molecule is Cc1nccnc1N1CCN(c2ccc(N3CCN(CCO)CC3)nn2)CC1. The van der Waals surface area contributed by atoms with E-state index in [4.69, 9.17) is 5.11 Å². The summed E-state index contributed by atoms with van der Waals surface area (Å²) >= 11 is 0. The molecule has 4 rings (SSSR count). The second-order valence-electron chi connectivity index (χ2n) is 7.24. The molecule has 0 aliphatic carbocycles. The summed E-state index contributed by atoms with van der Waals surface area (Å²) in [6.07, 6.45) is 3.49. The molecule has 2 fully saturated rings. The van der Waals surface area contributed by atoms with Crippen LogP contribution >= 0.6 is 0 Å². The zero-order chi connectivity index (χ0) is 19.3. The Morgan fingerprint density at radius 2 is 1.32 bits per heavy atom. The van der Waals surface area contributed by atoms with Crippen molar-refractivity contribution in [1.82, 2.24) is 25.1 Å². The molecule has 2 aliphatic heterocycles. The van der Waals surface area contributed by atoms with Gasteiger partial charge in [0.25, 0.3) is 0 Å². The molecule has 2 saturated heterocycles. The lowest BCUT2D eigenvalue weighted by Gasteiger charge is -2.36. The van der Waals surface area contributed by atoms with Crippen LogP contribution < -0.4 is 14.7 Å². The first-order valence-corrected chi connectivity index (χ1v) is 9.94. The van der Waals surface area contributed by atoms with E-state index in [-0.39, 0.29) is 6.61 Å². The molecule has 0 spiro atoms. The predicted molar refractivity (Wildman–Crippen MR) is 109 cm³/mol. The maximum Gasteiger partial charge on any atom is 0.151 e. The van der Waals surface area contributed by atoms with Crippen LogP contribution in [0.1, 0.15) is 5.69 Å². The zero-order valence-electron chi connectivity index (χ0n) is 16.4. The Morgan fingerprint density at radius 3 is 1.86 bits per heavy atom. The summed E-state index contributed by atoms with van der Waals surface area (Å²) < 4.78 is 0. The van der Waals surface area contributed by atoms with Crippen molar-refractivity contribution >= 4 is 17.5 Å². The van der Waals surface area contributed by atoms with Gasteiger partial charge in [-0.3, -0.25) is 9.88 Å². The largest absolute Gasteiger partial charge is 0.395 e. The molecule has 0 unspecified atom stereocenters. The molecule has 0 aromatic carbocycles. The fourth-order valence-electron chi connectivity index (χ4n) is 3.86. The minimum atomic E-state index is 0.220. The molecular formula is C19H28N8O. The molecule has 150 valence electrons. The fourth-order valence-corrected chi connectivity index (χ4v) is 3.86. The van der Waals surface area contributed by atoms with Crippen molar-refractivity contribution in [3.63, 3.8) is 0 Å². The third-order valence-corrected chi connectivity index (χ3v) is 5.51. The van der Waals surface area contributed by atoms with Crippen molar-refractivity contribution < 1.29 is 5.11 Å². The number of β-amino-alcohol motifs (C(OH)–C–C–N with tert-alkyl or cyclic N) is 1. The number of hydrogen-bond acceptors (Lipinski definition) is 9. The van der Waals surface area contributed by atoms with Gasteiger partial charge in [0.1, 0.15) is 5.82 Å².